The Labute approximate surface area is 75.7 Å². The lowest BCUT2D eigenvalue weighted by Crippen LogP contribution is -2.10. The Morgan fingerprint density at radius 3 is 3.17 bits per heavy atom. The van der Waals surface area contributed by atoms with Gasteiger partial charge in [0.05, 0.1) is 19.4 Å². The monoisotopic (exact) mass is 184 g/mol. The molecule has 0 fully saturated rings. The van der Waals surface area contributed by atoms with Gasteiger partial charge in [0.1, 0.15) is 0 Å². The van der Waals surface area contributed by atoms with Crippen molar-refractivity contribution >= 4 is 17.6 Å². The molecular weight excluding hydrogens is 172 g/mol. The van der Waals surface area contributed by atoms with Crippen LogP contribution < -0.4 is 5.43 Å². The summed E-state index contributed by atoms with van der Waals surface area (Å²) >= 11 is 1.66. The first-order chi connectivity index (χ1) is 5.84. The van der Waals surface area contributed by atoms with Gasteiger partial charge < -0.3 is 10.5 Å². The first-order valence-electron chi connectivity index (χ1n) is 3.75. The van der Waals surface area contributed by atoms with Gasteiger partial charge in [-0.3, -0.25) is 0 Å². The van der Waals surface area contributed by atoms with Crippen LogP contribution in [0, 0.1) is 6.92 Å². The molecule has 1 rings (SSSR count). The van der Waals surface area contributed by atoms with E-state index < -0.39 is 0 Å². The van der Waals surface area contributed by atoms with Gasteiger partial charge in [0.15, 0.2) is 0 Å². The fraction of sp³-hybridized carbons (Fsp3) is 0.375. The van der Waals surface area contributed by atoms with Crippen molar-refractivity contribution in [3.8, 4) is 0 Å². The number of nitrogens with one attached hydrogen (secondary N) is 1. The maximum atomic E-state index is 8.44. The van der Waals surface area contributed by atoms with E-state index in [0.717, 1.165) is 4.88 Å². The van der Waals surface area contributed by atoms with E-state index in [1.807, 2.05) is 12.3 Å². The predicted molar refractivity (Wildman–Crippen MR) is 51.7 cm³/mol. The van der Waals surface area contributed by atoms with E-state index in [0.29, 0.717) is 6.54 Å². The number of aryl methyl sites for hydroxylation is 1. The van der Waals surface area contributed by atoms with E-state index in [2.05, 4.69) is 16.6 Å². The van der Waals surface area contributed by atoms with E-state index in [1.54, 1.807) is 17.6 Å². The number of rotatable bonds is 4. The second kappa shape index (κ2) is 4.90. The average Bonchev–Trinajstić information content (AvgIpc) is 2.46. The molecule has 0 aliphatic carbocycles. The molecule has 2 N–H and O–H groups in total. The van der Waals surface area contributed by atoms with Crippen LogP contribution in [0.5, 0.6) is 0 Å². The smallest absolute Gasteiger partial charge is 0.0643 e. The number of nitrogens with zero attached hydrogens (tertiary/aromatic N) is 1. The molecule has 0 bridgehead atoms. The van der Waals surface area contributed by atoms with Crippen LogP contribution in [0.3, 0.4) is 0 Å². The lowest BCUT2D eigenvalue weighted by molar-refractivity contribution is 0.294. The van der Waals surface area contributed by atoms with Gasteiger partial charge in [-0.1, -0.05) is 0 Å². The van der Waals surface area contributed by atoms with Gasteiger partial charge in [-0.2, -0.15) is 5.10 Å². The molecule has 1 aromatic heterocycles. The number of thiophene rings is 1. The van der Waals surface area contributed by atoms with Crippen LogP contribution in [-0.2, 0) is 0 Å². The molecule has 0 spiro atoms. The Balaban J connectivity index is 2.41. The second-order valence-electron chi connectivity index (χ2n) is 2.36. The van der Waals surface area contributed by atoms with Gasteiger partial charge >= 0.3 is 0 Å². The summed E-state index contributed by atoms with van der Waals surface area (Å²) in [6.07, 6.45) is 1.77. The van der Waals surface area contributed by atoms with Gasteiger partial charge in [0.2, 0.25) is 0 Å². The molecule has 1 aromatic rings. The Hall–Kier alpha value is -0.870. The van der Waals surface area contributed by atoms with Gasteiger partial charge in [0, 0.05) is 4.88 Å². The summed E-state index contributed by atoms with van der Waals surface area (Å²) < 4.78 is 0. The second-order valence-corrected chi connectivity index (χ2v) is 3.31. The quantitative estimate of drug-likeness (QED) is 0.416. The lowest BCUT2D eigenvalue weighted by atomic mass is 10.3. The average molecular weight is 184 g/mol. The van der Waals surface area contributed by atoms with Crippen molar-refractivity contribution < 1.29 is 5.11 Å². The minimum absolute atomic E-state index is 0.112. The zero-order valence-corrected chi connectivity index (χ0v) is 7.77. The molecule has 0 aromatic carbocycles. The minimum Gasteiger partial charge on any atom is -0.394 e. The fourth-order valence-corrected chi connectivity index (χ4v) is 1.52. The van der Waals surface area contributed by atoms with Crippen LogP contribution in [0.2, 0.25) is 0 Å². The molecule has 1 heterocycles. The predicted octanol–water partition coefficient (Wildman–Crippen LogP) is 0.972. The van der Waals surface area contributed by atoms with E-state index in [-0.39, 0.29) is 6.61 Å². The number of aliphatic hydroxyl groups is 1. The Kier molecular flexibility index (Phi) is 3.76. The first-order valence-corrected chi connectivity index (χ1v) is 4.63. The Bertz CT molecular complexity index is 257. The van der Waals surface area contributed by atoms with Crippen LogP contribution in [0.4, 0.5) is 0 Å². The van der Waals surface area contributed by atoms with Crippen molar-refractivity contribution in [3.05, 3.63) is 21.9 Å². The standard InChI is InChI=1S/C8H12N2OS/c1-7-2-5-12-8(7)6-10-9-3-4-11/h2,5-6,9,11H,3-4H2,1H3. The van der Waals surface area contributed by atoms with Gasteiger partial charge in [-0.25, -0.2) is 0 Å². The van der Waals surface area contributed by atoms with Gasteiger partial charge in [0.25, 0.3) is 0 Å². The fourth-order valence-electron chi connectivity index (χ4n) is 0.736. The van der Waals surface area contributed by atoms with Crippen LogP contribution in [0.1, 0.15) is 10.4 Å². The Morgan fingerprint density at radius 1 is 1.75 bits per heavy atom. The topological polar surface area (TPSA) is 44.6 Å². The molecule has 0 saturated heterocycles. The number of aliphatic hydroxyl groups excluding tert-OH is 1. The SMILES string of the molecule is Cc1ccsc1C=NNCCO. The third kappa shape index (κ3) is 2.64. The molecule has 3 nitrogen and oxygen atoms in total. The molecule has 0 aliphatic rings. The summed E-state index contributed by atoms with van der Waals surface area (Å²) in [6.45, 7) is 2.66. The highest BCUT2D eigenvalue weighted by Gasteiger charge is 1.93. The molecule has 12 heavy (non-hydrogen) atoms. The van der Waals surface area contributed by atoms with E-state index in [9.17, 15) is 0 Å². The normalized spacial score (nSPS) is 10.8. The van der Waals surface area contributed by atoms with Crippen molar-refractivity contribution in [2.24, 2.45) is 5.10 Å². The summed E-state index contributed by atoms with van der Waals surface area (Å²) in [5, 5.41) is 14.4. The van der Waals surface area contributed by atoms with E-state index in [4.69, 9.17) is 5.11 Å². The van der Waals surface area contributed by atoms with Crippen molar-refractivity contribution in [2.45, 2.75) is 6.92 Å². The first kappa shape index (κ1) is 9.22. The largest absolute Gasteiger partial charge is 0.394 e. The molecule has 0 saturated carbocycles. The van der Waals surface area contributed by atoms with Crippen LogP contribution in [0.25, 0.3) is 0 Å². The summed E-state index contributed by atoms with van der Waals surface area (Å²) in [4.78, 5) is 1.15. The number of hydrazone groups is 1. The molecule has 4 heteroatoms. The minimum atomic E-state index is 0.112. The summed E-state index contributed by atoms with van der Waals surface area (Å²) in [5.74, 6) is 0. The molecule has 0 atom stereocenters. The highest BCUT2D eigenvalue weighted by Crippen LogP contribution is 2.11. The van der Waals surface area contributed by atoms with Crippen LogP contribution in [0.15, 0.2) is 16.5 Å². The summed E-state index contributed by atoms with van der Waals surface area (Å²) in [7, 11) is 0. The number of hydrogen-bond donors (Lipinski definition) is 2. The van der Waals surface area contributed by atoms with Crippen molar-refractivity contribution in [3.63, 3.8) is 0 Å². The third-order valence-electron chi connectivity index (χ3n) is 1.40. The highest BCUT2D eigenvalue weighted by molar-refractivity contribution is 7.11. The Morgan fingerprint density at radius 2 is 2.58 bits per heavy atom. The summed E-state index contributed by atoms with van der Waals surface area (Å²) in [6, 6.07) is 2.05. The van der Waals surface area contributed by atoms with Crippen molar-refractivity contribution in [2.75, 3.05) is 13.2 Å². The van der Waals surface area contributed by atoms with Gasteiger partial charge in [-0.05, 0) is 23.9 Å². The zero-order valence-electron chi connectivity index (χ0n) is 6.95. The molecule has 0 unspecified atom stereocenters. The molecule has 0 amide bonds. The van der Waals surface area contributed by atoms with E-state index >= 15 is 0 Å². The highest BCUT2D eigenvalue weighted by atomic mass is 32.1. The zero-order chi connectivity index (χ0) is 8.81. The third-order valence-corrected chi connectivity index (χ3v) is 2.35. The molecular formula is C8H12N2OS. The molecule has 66 valence electrons. The van der Waals surface area contributed by atoms with Crippen LogP contribution >= 0.6 is 11.3 Å². The molecule has 0 aliphatic heterocycles. The number of hydrogen-bond acceptors (Lipinski definition) is 4. The van der Waals surface area contributed by atoms with Crippen molar-refractivity contribution in [1.82, 2.24) is 5.43 Å². The summed E-state index contributed by atoms with van der Waals surface area (Å²) in [5.41, 5.74) is 3.96. The van der Waals surface area contributed by atoms with E-state index in [1.165, 1.54) is 5.56 Å². The van der Waals surface area contributed by atoms with Crippen molar-refractivity contribution in [1.29, 1.82) is 0 Å². The maximum Gasteiger partial charge on any atom is 0.0643 e. The lowest BCUT2D eigenvalue weighted by Gasteiger charge is -1.93. The van der Waals surface area contributed by atoms with Crippen LogP contribution in [-0.4, -0.2) is 24.5 Å². The van der Waals surface area contributed by atoms with Gasteiger partial charge in [-0.15, -0.1) is 11.3 Å². The molecule has 0 radical (unpaired) electrons. The maximum absolute atomic E-state index is 8.44.